The van der Waals surface area contributed by atoms with Gasteiger partial charge in [-0.15, -0.1) is 0 Å². The van der Waals surface area contributed by atoms with Gasteiger partial charge in [-0.25, -0.2) is 0 Å². The van der Waals surface area contributed by atoms with Gasteiger partial charge in [-0.05, 0) is 37.5 Å². The van der Waals surface area contributed by atoms with Gasteiger partial charge in [-0.3, -0.25) is 4.79 Å². The molecule has 1 aromatic rings. The molecule has 0 aliphatic rings. The molecule has 0 saturated heterocycles. The molecule has 0 fully saturated rings. The smallest absolute Gasteiger partial charge is 0.224 e. The first-order valence-corrected chi connectivity index (χ1v) is 7.25. The van der Waals surface area contributed by atoms with Crippen LogP contribution in [-0.4, -0.2) is 30.4 Å². The molecule has 0 unspecified atom stereocenters. The molecule has 0 aliphatic carbocycles. The molecule has 3 nitrogen and oxygen atoms in total. The first-order chi connectivity index (χ1) is 9.17. The Kier molecular flexibility index (Phi) is 7.01. The highest BCUT2D eigenvalue weighted by atomic mass is 16.2. The minimum absolute atomic E-state index is 0.254. The minimum atomic E-state index is 0.254. The number of amides is 1. The number of hydrogen-bond acceptors (Lipinski definition) is 2. The van der Waals surface area contributed by atoms with E-state index >= 15 is 0 Å². The van der Waals surface area contributed by atoms with Gasteiger partial charge in [-0.2, -0.15) is 0 Å². The van der Waals surface area contributed by atoms with Crippen LogP contribution in [0.1, 0.15) is 38.7 Å². The summed E-state index contributed by atoms with van der Waals surface area (Å²) in [6.07, 6.45) is 2.61. The van der Waals surface area contributed by atoms with E-state index < -0.39 is 0 Å². The average molecular weight is 262 g/mol. The number of carbonyl (C=O) groups excluding carboxylic acids is 1. The third-order valence-corrected chi connectivity index (χ3v) is 3.03. The van der Waals surface area contributed by atoms with Gasteiger partial charge in [0.15, 0.2) is 0 Å². The third kappa shape index (κ3) is 5.77. The van der Waals surface area contributed by atoms with Gasteiger partial charge in [0.25, 0.3) is 0 Å². The summed E-state index contributed by atoms with van der Waals surface area (Å²) in [5, 5.41) is 3.31. The lowest BCUT2D eigenvalue weighted by Crippen LogP contribution is -2.33. The molecule has 0 atom stereocenters. The largest absolute Gasteiger partial charge is 0.385 e. The predicted octanol–water partition coefficient (Wildman–Crippen LogP) is 3.45. The summed E-state index contributed by atoms with van der Waals surface area (Å²) in [5.41, 5.74) is 2.32. The Bertz CT molecular complexity index is 384. The van der Waals surface area contributed by atoms with E-state index in [-0.39, 0.29) is 5.91 Å². The fraction of sp³-hybridized carbons (Fsp3) is 0.562. The quantitative estimate of drug-likeness (QED) is 0.778. The fourth-order valence-electron chi connectivity index (χ4n) is 2.13. The maximum atomic E-state index is 12.1. The van der Waals surface area contributed by atoms with E-state index in [1.54, 1.807) is 0 Å². The molecule has 3 heteroatoms. The van der Waals surface area contributed by atoms with Crippen molar-refractivity contribution in [2.45, 2.75) is 40.0 Å². The van der Waals surface area contributed by atoms with Crippen LogP contribution in [0.3, 0.4) is 0 Å². The van der Waals surface area contributed by atoms with E-state index in [4.69, 9.17) is 0 Å². The Morgan fingerprint density at radius 1 is 1.21 bits per heavy atom. The Hall–Kier alpha value is -1.51. The number of rotatable bonds is 8. The minimum Gasteiger partial charge on any atom is -0.385 e. The van der Waals surface area contributed by atoms with Crippen LogP contribution in [0.25, 0.3) is 0 Å². The monoisotopic (exact) mass is 262 g/mol. The first-order valence-electron chi connectivity index (χ1n) is 7.25. The first kappa shape index (κ1) is 15.5. The third-order valence-electron chi connectivity index (χ3n) is 3.03. The normalized spacial score (nSPS) is 10.3. The summed E-state index contributed by atoms with van der Waals surface area (Å²) in [4.78, 5) is 14.0. The Morgan fingerprint density at radius 2 is 1.89 bits per heavy atom. The molecular weight excluding hydrogens is 236 g/mol. The number of anilines is 1. The van der Waals surface area contributed by atoms with Gasteiger partial charge in [0.2, 0.25) is 5.91 Å². The van der Waals surface area contributed by atoms with Crippen molar-refractivity contribution in [3.8, 4) is 0 Å². The number of benzene rings is 1. The van der Waals surface area contributed by atoms with Crippen LogP contribution in [0.4, 0.5) is 5.69 Å². The molecular formula is C16H26N2O. The molecule has 0 aromatic heterocycles. The fourth-order valence-corrected chi connectivity index (χ4v) is 2.13. The highest BCUT2D eigenvalue weighted by Gasteiger charge is 2.10. The molecule has 0 saturated carbocycles. The predicted molar refractivity (Wildman–Crippen MR) is 81.4 cm³/mol. The lowest BCUT2D eigenvalue weighted by Gasteiger charge is -2.21. The van der Waals surface area contributed by atoms with Crippen molar-refractivity contribution in [1.29, 1.82) is 0 Å². The highest BCUT2D eigenvalue weighted by Crippen LogP contribution is 2.09. The lowest BCUT2D eigenvalue weighted by molar-refractivity contribution is -0.131. The molecule has 0 heterocycles. The number of hydrogen-bond donors (Lipinski definition) is 1. The molecule has 19 heavy (non-hydrogen) atoms. The Balaban J connectivity index is 2.36. The maximum absolute atomic E-state index is 12.1. The van der Waals surface area contributed by atoms with Crippen molar-refractivity contribution in [2.75, 3.05) is 25.0 Å². The number of carbonyl (C=O) groups is 1. The molecule has 1 rings (SSSR count). The van der Waals surface area contributed by atoms with Gasteiger partial charge in [0, 0.05) is 31.7 Å². The number of nitrogens with zero attached hydrogens (tertiary/aromatic N) is 1. The summed E-state index contributed by atoms with van der Waals surface area (Å²) in [7, 11) is 0. The van der Waals surface area contributed by atoms with Crippen molar-refractivity contribution < 1.29 is 4.79 Å². The van der Waals surface area contributed by atoms with Crippen LogP contribution in [0.2, 0.25) is 0 Å². The van der Waals surface area contributed by atoms with Gasteiger partial charge >= 0.3 is 0 Å². The Morgan fingerprint density at radius 3 is 2.47 bits per heavy atom. The van der Waals surface area contributed by atoms with E-state index in [0.29, 0.717) is 13.0 Å². The van der Waals surface area contributed by atoms with Crippen molar-refractivity contribution in [1.82, 2.24) is 4.90 Å². The summed E-state index contributed by atoms with van der Waals surface area (Å²) >= 11 is 0. The van der Waals surface area contributed by atoms with Crippen LogP contribution >= 0.6 is 0 Å². The van der Waals surface area contributed by atoms with E-state index in [1.807, 2.05) is 17.0 Å². The Labute approximate surface area is 117 Å². The topological polar surface area (TPSA) is 32.3 Å². The van der Waals surface area contributed by atoms with Gasteiger partial charge in [-0.1, -0.05) is 26.0 Å². The SMILES string of the molecule is CCCN(CCC)C(=O)CCNc1cccc(C)c1. The second kappa shape index (κ2) is 8.57. The van der Waals surface area contributed by atoms with E-state index in [2.05, 4.69) is 38.2 Å². The standard InChI is InChI=1S/C16H26N2O/c1-4-11-18(12-5-2)16(19)9-10-17-15-8-6-7-14(3)13-15/h6-8,13,17H,4-5,9-12H2,1-3H3. The van der Waals surface area contributed by atoms with Crippen molar-refractivity contribution in [3.05, 3.63) is 29.8 Å². The number of aryl methyl sites for hydroxylation is 1. The average Bonchev–Trinajstić information content (AvgIpc) is 2.38. The zero-order valence-electron chi connectivity index (χ0n) is 12.4. The van der Waals surface area contributed by atoms with E-state index in [1.165, 1.54) is 5.56 Å². The zero-order chi connectivity index (χ0) is 14.1. The highest BCUT2D eigenvalue weighted by molar-refractivity contribution is 5.76. The lowest BCUT2D eigenvalue weighted by atomic mass is 10.2. The number of nitrogens with one attached hydrogen (secondary N) is 1. The van der Waals surface area contributed by atoms with Gasteiger partial charge < -0.3 is 10.2 Å². The summed E-state index contributed by atoms with van der Waals surface area (Å²) in [6, 6.07) is 8.23. The van der Waals surface area contributed by atoms with Crippen molar-refractivity contribution in [2.24, 2.45) is 0 Å². The van der Waals surface area contributed by atoms with Gasteiger partial charge in [0.05, 0.1) is 0 Å². The molecule has 0 spiro atoms. The van der Waals surface area contributed by atoms with Crippen LogP contribution in [0.15, 0.2) is 24.3 Å². The second-order valence-corrected chi connectivity index (χ2v) is 4.93. The second-order valence-electron chi connectivity index (χ2n) is 4.93. The van der Waals surface area contributed by atoms with Crippen molar-refractivity contribution in [3.63, 3.8) is 0 Å². The molecule has 0 radical (unpaired) electrons. The molecule has 106 valence electrons. The summed E-state index contributed by atoms with van der Waals surface area (Å²) in [6.45, 7) is 8.74. The van der Waals surface area contributed by atoms with E-state index in [0.717, 1.165) is 31.6 Å². The van der Waals surface area contributed by atoms with Crippen LogP contribution in [-0.2, 0) is 4.79 Å². The molecule has 0 bridgehead atoms. The molecule has 1 amide bonds. The van der Waals surface area contributed by atoms with Crippen molar-refractivity contribution >= 4 is 11.6 Å². The van der Waals surface area contributed by atoms with Crippen LogP contribution < -0.4 is 5.32 Å². The molecule has 1 N–H and O–H groups in total. The summed E-state index contributed by atoms with van der Waals surface area (Å²) in [5.74, 6) is 0.254. The van der Waals surface area contributed by atoms with E-state index in [9.17, 15) is 4.79 Å². The maximum Gasteiger partial charge on any atom is 0.224 e. The van der Waals surface area contributed by atoms with Gasteiger partial charge in [0.1, 0.15) is 0 Å². The molecule has 1 aromatic carbocycles. The summed E-state index contributed by atoms with van der Waals surface area (Å²) < 4.78 is 0. The molecule has 0 aliphatic heterocycles. The van der Waals surface area contributed by atoms with Crippen LogP contribution in [0.5, 0.6) is 0 Å². The zero-order valence-corrected chi connectivity index (χ0v) is 12.4. The van der Waals surface area contributed by atoms with Crippen LogP contribution in [0, 0.1) is 6.92 Å².